The Labute approximate surface area is 327 Å². The maximum atomic E-state index is 2.57. The molecule has 55 heavy (non-hydrogen) atoms. The van der Waals surface area contributed by atoms with E-state index in [9.17, 15) is 0 Å². The van der Waals surface area contributed by atoms with Gasteiger partial charge in [0.15, 0.2) is 0 Å². The molecule has 3 unspecified atom stereocenters. The van der Waals surface area contributed by atoms with Gasteiger partial charge in [-0.25, -0.2) is 0 Å². The summed E-state index contributed by atoms with van der Waals surface area (Å²) in [6, 6.07) is 54.0. The summed E-state index contributed by atoms with van der Waals surface area (Å²) >= 11 is 0. The maximum absolute atomic E-state index is 2.57. The minimum Gasteiger partial charge on any atom is -0.310 e. The van der Waals surface area contributed by atoms with Crippen LogP contribution in [0, 0.1) is 11.8 Å². The Morgan fingerprint density at radius 2 is 1.22 bits per heavy atom. The molecule has 0 aromatic heterocycles. The van der Waals surface area contributed by atoms with Crippen molar-refractivity contribution in [1.29, 1.82) is 0 Å². The predicted molar refractivity (Wildman–Crippen MR) is 233 cm³/mol. The van der Waals surface area contributed by atoms with Crippen LogP contribution in [0.1, 0.15) is 106 Å². The van der Waals surface area contributed by atoms with Gasteiger partial charge >= 0.3 is 0 Å². The first kappa shape index (κ1) is 33.2. The second-order valence-electron chi connectivity index (χ2n) is 17.9. The molecule has 0 saturated heterocycles. The minimum atomic E-state index is -0.147. The monoisotopic (exact) mass is 713 g/mol. The van der Waals surface area contributed by atoms with Crippen LogP contribution >= 0.6 is 0 Å². The van der Waals surface area contributed by atoms with E-state index in [2.05, 4.69) is 158 Å². The zero-order valence-electron chi connectivity index (χ0n) is 32.4. The van der Waals surface area contributed by atoms with Crippen molar-refractivity contribution in [3.63, 3.8) is 0 Å². The van der Waals surface area contributed by atoms with E-state index in [1.807, 2.05) is 0 Å². The topological polar surface area (TPSA) is 3.24 Å². The Hall–Kier alpha value is -5.14. The molecule has 3 atom stereocenters. The fourth-order valence-electron chi connectivity index (χ4n) is 11.6. The van der Waals surface area contributed by atoms with Gasteiger partial charge in [-0.15, -0.1) is 0 Å². The Bertz CT molecular complexity index is 2580. The van der Waals surface area contributed by atoms with Crippen LogP contribution in [0.5, 0.6) is 0 Å². The van der Waals surface area contributed by atoms with E-state index in [1.165, 1.54) is 135 Å². The Balaban J connectivity index is 1.03. The van der Waals surface area contributed by atoms with E-state index in [0.29, 0.717) is 5.92 Å². The molecule has 0 amide bonds. The van der Waals surface area contributed by atoms with Crippen molar-refractivity contribution in [2.75, 3.05) is 4.90 Å². The summed E-state index contributed by atoms with van der Waals surface area (Å²) in [6.07, 6.45) is 12.4. The molecule has 0 heterocycles. The first-order valence-electron chi connectivity index (χ1n) is 21.2. The molecule has 3 fully saturated rings. The van der Waals surface area contributed by atoms with Crippen molar-refractivity contribution >= 4 is 38.6 Å². The van der Waals surface area contributed by atoms with Crippen molar-refractivity contribution in [2.24, 2.45) is 11.8 Å². The Morgan fingerprint density at radius 3 is 2.02 bits per heavy atom. The first-order valence-corrected chi connectivity index (χ1v) is 21.2. The summed E-state index contributed by atoms with van der Waals surface area (Å²) in [6.45, 7) is 4.86. The normalized spacial score (nSPS) is 21.2. The quantitative estimate of drug-likeness (QED) is 0.166. The molecule has 0 spiro atoms. The highest BCUT2D eigenvalue weighted by Gasteiger charge is 2.40. The number of benzene rings is 7. The molecule has 2 bridgehead atoms. The fraction of sp³-hybridized carbons (Fsp3) is 0.296. The van der Waals surface area contributed by atoms with Crippen LogP contribution in [0.25, 0.3) is 43.8 Å². The van der Waals surface area contributed by atoms with Gasteiger partial charge in [0.2, 0.25) is 0 Å². The summed E-state index contributed by atoms with van der Waals surface area (Å²) in [5.41, 5.74) is 14.8. The average Bonchev–Trinajstić information content (AvgIpc) is 3.94. The summed E-state index contributed by atoms with van der Waals surface area (Å²) < 4.78 is 0. The van der Waals surface area contributed by atoms with E-state index in [4.69, 9.17) is 0 Å². The number of rotatable bonds is 6. The van der Waals surface area contributed by atoms with Crippen LogP contribution in [0.15, 0.2) is 140 Å². The maximum Gasteiger partial charge on any atom is 0.0540 e. The summed E-state index contributed by atoms with van der Waals surface area (Å²) in [5, 5.41) is 5.26. The van der Waals surface area contributed by atoms with Crippen molar-refractivity contribution < 1.29 is 0 Å². The summed E-state index contributed by atoms with van der Waals surface area (Å²) in [7, 11) is 0. The average molecular weight is 714 g/mol. The van der Waals surface area contributed by atoms with Crippen molar-refractivity contribution in [3.05, 3.63) is 162 Å². The lowest BCUT2D eigenvalue weighted by Crippen LogP contribution is -2.17. The van der Waals surface area contributed by atoms with Crippen LogP contribution in [0.4, 0.5) is 17.1 Å². The van der Waals surface area contributed by atoms with Crippen molar-refractivity contribution in [1.82, 2.24) is 0 Å². The summed E-state index contributed by atoms with van der Waals surface area (Å²) in [5.74, 6) is 3.22. The van der Waals surface area contributed by atoms with Gasteiger partial charge in [-0.2, -0.15) is 0 Å². The van der Waals surface area contributed by atoms with Crippen LogP contribution in [0.3, 0.4) is 0 Å². The SMILES string of the molecule is CC1(C)c2cc(-c3cccc4ccccc34)ccc2-c2ccc(N(c3ccc(C4CC5CCC4C5)cc3)c3cccc4ccc(C5CCCCC5)cc34)cc21. The molecule has 11 rings (SSSR count). The third-order valence-electron chi connectivity index (χ3n) is 14.5. The van der Waals surface area contributed by atoms with Crippen molar-refractivity contribution in [2.45, 2.75) is 88.9 Å². The van der Waals surface area contributed by atoms with Gasteiger partial charge in [0.05, 0.1) is 5.69 Å². The predicted octanol–water partition coefficient (Wildman–Crippen LogP) is 15.4. The van der Waals surface area contributed by atoms with Gasteiger partial charge in [-0.05, 0) is 159 Å². The van der Waals surface area contributed by atoms with Crippen LogP contribution in [0.2, 0.25) is 0 Å². The molecule has 4 aliphatic carbocycles. The standard InChI is InChI=1S/C54H51N/c1-54(2)51-33-42(46-16-8-13-37-12-6-7-15-45(37)46)24-28-47(51)48-29-27-44(34-52(48)54)55(43-25-22-39(23-26-43)49-31-35-18-19-41(49)30-35)53-17-9-14-38-20-21-40(32-50(38)53)36-10-4-3-5-11-36/h6-9,12-17,20-29,32-36,41,49H,3-5,10-11,18-19,30-31H2,1-2H3. The molecule has 0 radical (unpaired) electrons. The molecule has 1 nitrogen and oxygen atoms in total. The number of fused-ring (bicyclic) bond motifs is 7. The molecular formula is C54H51N. The lowest BCUT2D eigenvalue weighted by Gasteiger charge is -2.30. The van der Waals surface area contributed by atoms with Crippen LogP contribution in [-0.2, 0) is 5.41 Å². The van der Waals surface area contributed by atoms with E-state index in [-0.39, 0.29) is 5.41 Å². The van der Waals surface area contributed by atoms with Gasteiger partial charge < -0.3 is 4.90 Å². The molecule has 0 aliphatic heterocycles. The molecule has 1 heteroatoms. The van der Waals surface area contributed by atoms with E-state index >= 15 is 0 Å². The largest absolute Gasteiger partial charge is 0.310 e. The van der Waals surface area contributed by atoms with Crippen LogP contribution in [-0.4, -0.2) is 0 Å². The van der Waals surface area contributed by atoms with Crippen LogP contribution < -0.4 is 4.90 Å². The second-order valence-corrected chi connectivity index (χ2v) is 17.9. The first-order chi connectivity index (χ1) is 27.0. The van der Waals surface area contributed by atoms with Gasteiger partial charge in [0, 0.05) is 22.2 Å². The third kappa shape index (κ3) is 5.48. The van der Waals surface area contributed by atoms with Gasteiger partial charge in [0.1, 0.15) is 0 Å². The number of hydrogen-bond acceptors (Lipinski definition) is 1. The minimum absolute atomic E-state index is 0.147. The highest BCUT2D eigenvalue weighted by molar-refractivity contribution is 6.00. The molecule has 0 N–H and O–H groups in total. The zero-order chi connectivity index (χ0) is 36.7. The highest BCUT2D eigenvalue weighted by atomic mass is 15.1. The van der Waals surface area contributed by atoms with E-state index in [0.717, 1.165) is 17.8 Å². The molecule has 4 aliphatic rings. The van der Waals surface area contributed by atoms with Gasteiger partial charge in [-0.3, -0.25) is 0 Å². The second kappa shape index (κ2) is 13.0. The lowest BCUT2D eigenvalue weighted by molar-refractivity contribution is 0.420. The third-order valence-corrected chi connectivity index (χ3v) is 14.5. The molecular weight excluding hydrogens is 663 g/mol. The zero-order valence-corrected chi connectivity index (χ0v) is 32.4. The Kier molecular flexibility index (Phi) is 7.84. The number of nitrogens with zero attached hydrogens (tertiary/aromatic N) is 1. The number of hydrogen-bond donors (Lipinski definition) is 0. The lowest BCUT2D eigenvalue weighted by atomic mass is 9.81. The van der Waals surface area contributed by atoms with Gasteiger partial charge in [-0.1, -0.05) is 137 Å². The fourth-order valence-corrected chi connectivity index (χ4v) is 11.6. The van der Waals surface area contributed by atoms with E-state index in [1.54, 1.807) is 5.56 Å². The molecule has 272 valence electrons. The molecule has 7 aromatic rings. The van der Waals surface area contributed by atoms with E-state index < -0.39 is 0 Å². The molecule has 3 saturated carbocycles. The smallest absolute Gasteiger partial charge is 0.0540 e. The summed E-state index contributed by atoms with van der Waals surface area (Å²) in [4.78, 5) is 2.57. The van der Waals surface area contributed by atoms with Crippen molar-refractivity contribution in [3.8, 4) is 22.3 Å². The Morgan fingerprint density at radius 1 is 0.509 bits per heavy atom. The highest BCUT2D eigenvalue weighted by Crippen LogP contribution is 2.54. The number of anilines is 3. The van der Waals surface area contributed by atoms with Gasteiger partial charge in [0.25, 0.3) is 0 Å². The molecule has 7 aromatic carbocycles.